The van der Waals surface area contributed by atoms with Gasteiger partial charge in [-0.05, 0) is 17.9 Å². The summed E-state index contributed by atoms with van der Waals surface area (Å²) in [6, 6.07) is 0. The Kier molecular flexibility index (Phi) is 11.0. The van der Waals surface area contributed by atoms with E-state index in [2.05, 4.69) is 54.4 Å². The Labute approximate surface area is 170 Å². The molecular formula is C17H30N8S2. The van der Waals surface area contributed by atoms with Crippen LogP contribution >= 0.6 is 23.5 Å². The van der Waals surface area contributed by atoms with Gasteiger partial charge in [-0.1, -0.05) is 51.7 Å². The van der Waals surface area contributed by atoms with Crippen molar-refractivity contribution in [1.29, 1.82) is 0 Å². The van der Waals surface area contributed by atoms with E-state index in [9.17, 15) is 0 Å². The molecule has 0 amide bonds. The van der Waals surface area contributed by atoms with Crippen molar-refractivity contribution in [2.24, 2.45) is 0 Å². The molecule has 0 atom stereocenters. The Bertz CT molecular complexity index is 639. The molecule has 0 spiro atoms. The molecule has 10 heteroatoms. The van der Waals surface area contributed by atoms with E-state index >= 15 is 0 Å². The smallest absolute Gasteiger partial charge is 0.226 e. The number of nitrogens with one attached hydrogen (secondary N) is 2. The molecule has 0 saturated heterocycles. The van der Waals surface area contributed by atoms with Gasteiger partial charge in [0.2, 0.25) is 11.9 Å². The highest BCUT2D eigenvalue weighted by Gasteiger charge is 2.07. The summed E-state index contributed by atoms with van der Waals surface area (Å²) in [4.78, 5) is 26.6. The number of hydrogen-bond acceptors (Lipinski definition) is 10. The summed E-state index contributed by atoms with van der Waals surface area (Å²) in [5.74, 6) is 4.75. The van der Waals surface area contributed by atoms with E-state index in [1.165, 1.54) is 0 Å². The third-order valence-electron chi connectivity index (χ3n) is 3.27. The zero-order chi connectivity index (χ0) is 18.8. The molecule has 150 valence electrons. The molecule has 8 nitrogen and oxygen atoms in total. The van der Waals surface area contributed by atoms with Crippen molar-refractivity contribution in [3.8, 4) is 0 Å². The van der Waals surface area contributed by atoms with Crippen LogP contribution in [0.15, 0.2) is 10.3 Å². The first-order valence-corrected chi connectivity index (χ1v) is 10.8. The average molecular weight is 411 g/mol. The molecule has 0 aromatic carbocycles. The first-order chi connectivity index (χ1) is 12.7. The van der Waals surface area contributed by atoms with Crippen molar-refractivity contribution >= 4 is 35.4 Å². The lowest BCUT2D eigenvalue weighted by Gasteiger charge is -2.08. The third kappa shape index (κ3) is 7.84. The largest absolute Gasteiger partial charge is 0.357 e. The van der Waals surface area contributed by atoms with Crippen LogP contribution in [0.2, 0.25) is 0 Å². The average Bonchev–Trinajstić information content (AvgIpc) is 2.65. The van der Waals surface area contributed by atoms with Crippen LogP contribution in [-0.4, -0.2) is 55.0 Å². The Morgan fingerprint density at radius 2 is 1.37 bits per heavy atom. The highest BCUT2D eigenvalue weighted by Crippen LogP contribution is 2.15. The molecule has 2 rings (SSSR count). The molecule has 2 aromatic rings. The number of anilines is 2. The Hall–Kier alpha value is -1.68. The Balaban J connectivity index is 0.00000364. The van der Waals surface area contributed by atoms with Crippen molar-refractivity contribution in [2.75, 3.05) is 35.7 Å². The number of nitrogens with zero attached hydrogens (tertiary/aromatic N) is 6. The minimum Gasteiger partial charge on any atom is -0.357 e. The van der Waals surface area contributed by atoms with E-state index in [1.54, 1.807) is 23.5 Å². The quantitative estimate of drug-likeness (QED) is 0.422. The highest BCUT2D eigenvalue weighted by atomic mass is 32.2. The van der Waals surface area contributed by atoms with Gasteiger partial charge in [-0.25, -0.2) is 9.97 Å². The van der Waals surface area contributed by atoms with Gasteiger partial charge < -0.3 is 10.6 Å². The molecule has 0 fully saturated rings. The van der Waals surface area contributed by atoms with Crippen LogP contribution in [0, 0.1) is 0 Å². The van der Waals surface area contributed by atoms with Gasteiger partial charge >= 0.3 is 0 Å². The molecule has 2 N–H and O–H groups in total. The van der Waals surface area contributed by atoms with Gasteiger partial charge in [0.15, 0.2) is 10.3 Å². The number of hydrogen-bond donors (Lipinski definition) is 2. The van der Waals surface area contributed by atoms with Crippen molar-refractivity contribution in [3.05, 3.63) is 11.6 Å². The number of aromatic nitrogens is 6. The molecule has 0 radical (unpaired) electrons. The first kappa shape index (κ1) is 23.4. The van der Waals surface area contributed by atoms with Crippen LogP contribution in [0.25, 0.3) is 0 Å². The predicted octanol–water partition coefficient (Wildman–Crippen LogP) is 3.57. The summed E-state index contributed by atoms with van der Waals surface area (Å²) < 4.78 is 0. The normalized spacial score (nSPS) is 10.4. The maximum Gasteiger partial charge on any atom is 0.226 e. The minimum atomic E-state index is 0. The lowest BCUT2D eigenvalue weighted by atomic mass is 10.3. The maximum absolute atomic E-state index is 4.51. The lowest BCUT2D eigenvalue weighted by molar-refractivity contribution is 0.746. The lowest BCUT2D eigenvalue weighted by Crippen LogP contribution is -2.11. The summed E-state index contributed by atoms with van der Waals surface area (Å²) in [7, 11) is 1.82. The zero-order valence-corrected chi connectivity index (χ0v) is 17.4. The van der Waals surface area contributed by atoms with Crippen molar-refractivity contribution in [3.63, 3.8) is 0 Å². The van der Waals surface area contributed by atoms with Gasteiger partial charge in [-0.15, -0.1) is 0 Å². The summed E-state index contributed by atoms with van der Waals surface area (Å²) in [6.45, 7) is 6.97. The summed E-state index contributed by atoms with van der Waals surface area (Å²) >= 11 is 3.25. The Morgan fingerprint density at radius 1 is 0.778 bits per heavy atom. The molecule has 2 heterocycles. The van der Waals surface area contributed by atoms with Crippen LogP contribution in [0.1, 0.15) is 46.3 Å². The fourth-order valence-corrected chi connectivity index (χ4v) is 3.25. The van der Waals surface area contributed by atoms with Crippen LogP contribution in [0.4, 0.5) is 11.9 Å². The number of aryl methyl sites for hydroxylation is 2. The van der Waals surface area contributed by atoms with Gasteiger partial charge in [0, 0.05) is 26.4 Å². The molecule has 0 aliphatic carbocycles. The second kappa shape index (κ2) is 12.7. The van der Waals surface area contributed by atoms with Crippen molar-refractivity contribution < 1.29 is 0 Å². The fourth-order valence-electron chi connectivity index (χ4n) is 2.09. The van der Waals surface area contributed by atoms with Crippen LogP contribution in [0.5, 0.6) is 0 Å². The van der Waals surface area contributed by atoms with Gasteiger partial charge in [0.05, 0.1) is 0 Å². The van der Waals surface area contributed by atoms with E-state index < -0.39 is 0 Å². The summed E-state index contributed by atoms with van der Waals surface area (Å²) in [5.41, 5.74) is 0. The van der Waals surface area contributed by atoms with Crippen LogP contribution in [-0.2, 0) is 12.8 Å². The molecule has 2 aromatic heterocycles. The molecular weight excluding hydrogens is 380 g/mol. The second-order valence-corrected chi connectivity index (χ2v) is 7.68. The van der Waals surface area contributed by atoms with Gasteiger partial charge in [0.25, 0.3) is 0 Å². The zero-order valence-electron chi connectivity index (χ0n) is 15.7. The third-order valence-corrected chi connectivity index (χ3v) is 4.73. The molecule has 27 heavy (non-hydrogen) atoms. The SMILES string of the molecule is C.CCSc1nc(CCCNc2nc(CC)nc(SCC)n2)nc(NC)n1. The van der Waals surface area contributed by atoms with E-state index in [1.807, 2.05) is 14.0 Å². The van der Waals surface area contributed by atoms with E-state index in [-0.39, 0.29) is 7.43 Å². The second-order valence-electron chi connectivity index (χ2n) is 5.22. The molecule has 0 unspecified atom stereocenters. The first-order valence-electron chi connectivity index (χ1n) is 8.85. The molecule has 0 aliphatic heterocycles. The van der Waals surface area contributed by atoms with Crippen LogP contribution < -0.4 is 10.6 Å². The monoisotopic (exact) mass is 410 g/mol. The van der Waals surface area contributed by atoms with E-state index in [0.717, 1.165) is 59.3 Å². The molecule has 0 aliphatic rings. The minimum absolute atomic E-state index is 0. The van der Waals surface area contributed by atoms with Crippen LogP contribution in [0.3, 0.4) is 0 Å². The summed E-state index contributed by atoms with van der Waals surface area (Å²) in [5, 5.41) is 7.82. The van der Waals surface area contributed by atoms with Crippen molar-refractivity contribution in [1.82, 2.24) is 29.9 Å². The summed E-state index contributed by atoms with van der Waals surface area (Å²) in [6.07, 6.45) is 2.44. The predicted molar refractivity (Wildman–Crippen MR) is 115 cm³/mol. The van der Waals surface area contributed by atoms with E-state index in [4.69, 9.17) is 0 Å². The number of thioether (sulfide) groups is 2. The number of rotatable bonds is 11. The Morgan fingerprint density at radius 3 is 1.96 bits per heavy atom. The topological polar surface area (TPSA) is 101 Å². The highest BCUT2D eigenvalue weighted by molar-refractivity contribution is 7.99. The van der Waals surface area contributed by atoms with Gasteiger partial charge in [0.1, 0.15) is 11.6 Å². The van der Waals surface area contributed by atoms with Gasteiger partial charge in [-0.2, -0.15) is 19.9 Å². The van der Waals surface area contributed by atoms with Crippen molar-refractivity contribution in [2.45, 2.75) is 57.8 Å². The van der Waals surface area contributed by atoms with Gasteiger partial charge in [-0.3, -0.25) is 0 Å². The molecule has 0 bridgehead atoms. The fraction of sp³-hybridized carbons (Fsp3) is 0.647. The van der Waals surface area contributed by atoms with E-state index in [0.29, 0.717) is 11.9 Å². The standard InChI is InChI=1S/C16H26N8S2.CH4/c1-5-11-19-14(24-15(21-11)25-6-2)18-10-8-9-12-20-13(17-4)23-16(22-12)26-7-3;/h5-10H2,1-4H3,(H,17,20,22,23)(H,18,19,21,24);1H4. The maximum atomic E-state index is 4.51. The molecule has 0 saturated carbocycles.